The number of hydrogen-bond donors (Lipinski definition) is 1. The third-order valence-corrected chi connectivity index (χ3v) is 3.65. The van der Waals surface area contributed by atoms with E-state index in [9.17, 15) is 4.79 Å². The van der Waals surface area contributed by atoms with Crippen molar-refractivity contribution in [3.63, 3.8) is 0 Å². The standard InChI is InChI=1S/C13H24ClNO2/c1-17-10-12(14)9-15-13(16)8-7-11-5-3-2-4-6-11/h11-12H,2-10H2,1H3,(H,15,16). The van der Waals surface area contributed by atoms with Crippen LogP contribution in [0.3, 0.4) is 0 Å². The number of methoxy groups -OCH3 is 1. The number of carbonyl (C=O) groups is 1. The molecular formula is C13H24ClNO2. The Bertz CT molecular complexity index is 217. The van der Waals surface area contributed by atoms with E-state index in [0.717, 1.165) is 12.3 Å². The maximum atomic E-state index is 11.6. The van der Waals surface area contributed by atoms with Crippen LogP contribution in [0.4, 0.5) is 0 Å². The molecule has 17 heavy (non-hydrogen) atoms. The molecular weight excluding hydrogens is 238 g/mol. The summed E-state index contributed by atoms with van der Waals surface area (Å²) in [6.07, 6.45) is 8.32. The van der Waals surface area contributed by atoms with Gasteiger partial charge >= 0.3 is 0 Å². The summed E-state index contributed by atoms with van der Waals surface area (Å²) in [5.41, 5.74) is 0. The summed E-state index contributed by atoms with van der Waals surface area (Å²) < 4.78 is 4.91. The first kappa shape index (κ1) is 14.8. The largest absolute Gasteiger partial charge is 0.383 e. The molecule has 100 valence electrons. The van der Waals surface area contributed by atoms with Gasteiger partial charge in [-0.15, -0.1) is 11.6 Å². The van der Waals surface area contributed by atoms with Crippen molar-refractivity contribution in [2.24, 2.45) is 5.92 Å². The van der Waals surface area contributed by atoms with Crippen LogP contribution < -0.4 is 5.32 Å². The number of rotatable bonds is 7. The van der Waals surface area contributed by atoms with E-state index < -0.39 is 0 Å². The van der Waals surface area contributed by atoms with Crippen molar-refractivity contribution >= 4 is 17.5 Å². The minimum Gasteiger partial charge on any atom is -0.383 e. The van der Waals surface area contributed by atoms with E-state index in [1.54, 1.807) is 7.11 Å². The van der Waals surface area contributed by atoms with Crippen LogP contribution in [0.15, 0.2) is 0 Å². The number of alkyl halides is 1. The van der Waals surface area contributed by atoms with Gasteiger partial charge in [0, 0.05) is 20.1 Å². The Hall–Kier alpha value is -0.280. The van der Waals surface area contributed by atoms with E-state index in [1.165, 1.54) is 32.1 Å². The molecule has 1 saturated carbocycles. The lowest BCUT2D eigenvalue weighted by Crippen LogP contribution is -2.31. The lowest BCUT2D eigenvalue weighted by Gasteiger charge is -2.21. The smallest absolute Gasteiger partial charge is 0.220 e. The summed E-state index contributed by atoms with van der Waals surface area (Å²) >= 11 is 5.93. The van der Waals surface area contributed by atoms with Gasteiger partial charge in [0.25, 0.3) is 0 Å². The summed E-state index contributed by atoms with van der Waals surface area (Å²) in [5.74, 6) is 0.887. The van der Waals surface area contributed by atoms with Gasteiger partial charge in [-0.2, -0.15) is 0 Å². The Kier molecular flexibility index (Phi) is 7.62. The average Bonchev–Trinajstić information content (AvgIpc) is 2.35. The van der Waals surface area contributed by atoms with Crippen LogP contribution >= 0.6 is 11.6 Å². The van der Waals surface area contributed by atoms with E-state index in [4.69, 9.17) is 16.3 Å². The van der Waals surface area contributed by atoms with Crippen molar-refractivity contribution in [1.29, 1.82) is 0 Å². The monoisotopic (exact) mass is 261 g/mol. The summed E-state index contributed by atoms with van der Waals surface area (Å²) in [5, 5.41) is 2.73. The third kappa shape index (κ3) is 6.89. The molecule has 0 aromatic rings. The molecule has 1 aliphatic rings. The number of halogens is 1. The van der Waals surface area contributed by atoms with E-state index in [0.29, 0.717) is 19.6 Å². The molecule has 0 aromatic carbocycles. The summed E-state index contributed by atoms with van der Waals surface area (Å²) in [7, 11) is 1.61. The van der Waals surface area contributed by atoms with Crippen LogP contribution in [-0.4, -0.2) is 31.5 Å². The molecule has 0 radical (unpaired) electrons. The zero-order chi connectivity index (χ0) is 12.5. The van der Waals surface area contributed by atoms with Gasteiger partial charge in [-0.1, -0.05) is 32.1 Å². The molecule has 0 aliphatic heterocycles. The molecule has 1 rings (SSSR count). The molecule has 0 saturated heterocycles. The van der Waals surface area contributed by atoms with Crippen LogP contribution in [-0.2, 0) is 9.53 Å². The highest BCUT2D eigenvalue weighted by Crippen LogP contribution is 2.27. The number of hydrogen-bond acceptors (Lipinski definition) is 2. The molecule has 1 atom stereocenters. The van der Waals surface area contributed by atoms with Crippen LogP contribution in [0, 0.1) is 5.92 Å². The molecule has 0 heterocycles. The SMILES string of the molecule is COCC(Cl)CNC(=O)CCC1CCCCC1. The van der Waals surface area contributed by atoms with Gasteiger partial charge in [-0.25, -0.2) is 0 Å². The normalized spacial score (nSPS) is 18.9. The Morgan fingerprint density at radius 2 is 2.12 bits per heavy atom. The molecule has 0 aromatic heterocycles. The molecule has 0 spiro atoms. The van der Waals surface area contributed by atoms with E-state index >= 15 is 0 Å². The van der Waals surface area contributed by atoms with Gasteiger partial charge in [0.15, 0.2) is 0 Å². The zero-order valence-corrected chi connectivity index (χ0v) is 11.5. The van der Waals surface area contributed by atoms with Crippen molar-refractivity contribution in [3.05, 3.63) is 0 Å². The maximum Gasteiger partial charge on any atom is 0.220 e. The second kappa shape index (κ2) is 8.76. The predicted octanol–water partition coefficient (Wildman–Crippen LogP) is 2.72. The quantitative estimate of drug-likeness (QED) is 0.716. The van der Waals surface area contributed by atoms with Crippen LogP contribution in [0.1, 0.15) is 44.9 Å². The first-order valence-electron chi connectivity index (χ1n) is 6.62. The molecule has 0 bridgehead atoms. The van der Waals surface area contributed by atoms with Gasteiger partial charge < -0.3 is 10.1 Å². The van der Waals surface area contributed by atoms with E-state index in [2.05, 4.69) is 5.32 Å². The number of nitrogens with one attached hydrogen (secondary N) is 1. The second-order valence-corrected chi connectivity index (χ2v) is 5.52. The predicted molar refractivity (Wildman–Crippen MR) is 70.3 cm³/mol. The van der Waals surface area contributed by atoms with Crippen molar-refractivity contribution in [2.45, 2.75) is 50.3 Å². The van der Waals surface area contributed by atoms with Crippen molar-refractivity contribution in [1.82, 2.24) is 5.32 Å². The van der Waals surface area contributed by atoms with Crippen molar-refractivity contribution < 1.29 is 9.53 Å². The number of carbonyl (C=O) groups excluding carboxylic acids is 1. The first-order chi connectivity index (χ1) is 8.22. The van der Waals surface area contributed by atoms with Gasteiger partial charge in [0.2, 0.25) is 5.91 Å². The molecule has 1 N–H and O–H groups in total. The average molecular weight is 262 g/mol. The second-order valence-electron chi connectivity index (χ2n) is 4.90. The maximum absolute atomic E-state index is 11.6. The fraction of sp³-hybridized carbons (Fsp3) is 0.923. The highest BCUT2D eigenvalue weighted by atomic mass is 35.5. The Morgan fingerprint density at radius 3 is 2.76 bits per heavy atom. The minimum absolute atomic E-state index is 0.123. The van der Waals surface area contributed by atoms with Gasteiger partial charge in [-0.05, 0) is 12.3 Å². The Balaban J connectivity index is 2.04. The number of amides is 1. The molecule has 1 unspecified atom stereocenters. The van der Waals surface area contributed by atoms with E-state index in [-0.39, 0.29) is 11.3 Å². The fourth-order valence-electron chi connectivity index (χ4n) is 2.36. The topological polar surface area (TPSA) is 38.3 Å². The zero-order valence-electron chi connectivity index (χ0n) is 10.7. The summed E-state index contributed by atoms with van der Waals surface area (Å²) in [6.45, 7) is 0.976. The van der Waals surface area contributed by atoms with Crippen LogP contribution in [0.2, 0.25) is 0 Å². The Morgan fingerprint density at radius 1 is 1.41 bits per heavy atom. The van der Waals surface area contributed by atoms with Gasteiger partial charge in [-0.3, -0.25) is 4.79 Å². The van der Waals surface area contributed by atoms with Crippen molar-refractivity contribution in [2.75, 3.05) is 20.3 Å². The molecule has 3 nitrogen and oxygen atoms in total. The third-order valence-electron chi connectivity index (χ3n) is 3.37. The van der Waals surface area contributed by atoms with Gasteiger partial charge in [0.05, 0.1) is 12.0 Å². The minimum atomic E-state index is -0.126. The molecule has 1 aliphatic carbocycles. The summed E-state index contributed by atoms with van der Waals surface area (Å²) in [6, 6.07) is 0. The van der Waals surface area contributed by atoms with Gasteiger partial charge in [0.1, 0.15) is 0 Å². The highest BCUT2D eigenvalue weighted by Gasteiger charge is 2.15. The Labute approximate surface area is 109 Å². The highest BCUT2D eigenvalue weighted by molar-refractivity contribution is 6.21. The lowest BCUT2D eigenvalue weighted by molar-refractivity contribution is -0.121. The fourth-order valence-corrected chi connectivity index (χ4v) is 2.57. The van der Waals surface area contributed by atoms with Crippen molar-refractivity contribution in [3.8, 4) is 0 Å². The molecule has 1 fully saturated rings. The first-order valence-corrected chi connectivity index (χ1v) is 7.05. The lowest BCUT2D eigenvalue weighted by atomic mass is 9.86. The molecule has 1 amide bonds. The summed E-state index contributed by atoms with van der Waals surface area (Å²) in [4.78, 5) is 11.6. The number of ether oxygens (including phenoxy) is 1. The van der Waals surface area contributed by atoms with Crippen LogP contribution in [0.25, 0.3) is 0 Å². The van der Waals surface area contributed by atoms with Crippen LogP contribution in [0.5, 0.6) is 0 Å². The van der Waals surface area contributed by atoms with E-state index in [1.807, 2.05) is 0 Å². The molecule has 4 heteroatoms.